The van der Waals surface area contributed by atoms with E-state index in [-0.39, 0.29) is 5.92 Å². The fraction of sp³-hybridized carbons (Fsp3) is 0.520. The van der Waals surface area contributed by atoms with Crippen LogP contribution in [-0.4, -0.2) is 49.5 Å². The van der Waals surface area contributed by atoms with Gasteiger partial charge in [0.2, 0.25) is 0 Å². The number of aliphatic hydroxyl groups is 1. The van der Waals surface area contributed by atoms with Crippen LogP contribution in [0, 0.1) is 0 Å². The lowest BCUT2D eigenvalue weighted by molar-refractivity contribution is -0.0294. The lowest BCUT2D eigenvalue weighted by Crippen LogP contribution is -2.45. The molecule has 0 unspecified atom stereocenters. The first kappa shape index (κ1) is 23.1. The van der Waals surface area contributed by atoms with E-state index >= 15 is 0 Å². The zero-order chi connectivity index (χ0) is 21.4. The summed E-state index contributed by atoms with van der Waals surface area (Å²) in [4.78, 5) is 2.40. The number of ether oxygens (including phenoxy) is 2. The molecule has 0 aromatic heterocycles. The van der Waals surface area contributed by atoms with Gasteiger partial charge in [0, 0.05) is 30.6 Å². The molecule has 3 rings (SSSR count). The molecule has 0 amide bonds. The highest BCUT2D eigenvalue weighted by molar-refractivity contribution is 6.30. The van der Waals surface area contributed by atoms with Gasteiger partial charge in [-0.05, 0) is 48.7 Å². The van der Waals surface area contributed by atoms with Crippen molar-refractivity contribution in [2.45, 2.75) is 44.6 Å². The Hall–Kier alpha value is -1.59. The van der Waals surface area contributed by atoms with Gasteiger partial charge in [0.25, 0.3) is 0 Å². The number of morpholine rings is 1. The first-order valence-corrected chi connectivity index (χ1v) is 11.5. The molecular formula is C25H34ClNO3. The number of unbranched alkanes of at least 4 members (excludes halogenated alkanes) is 1. The van der Waals surface area contributed by atoms with Crippen LogP contribution in [0.3, 0.4) is 0 Å². The van der Waals surface area contributed by atoms with Crippen molar-refractivity contribution in [3.05, 3.63) is 64.7 Å². The predicted molar refractivity (Wildman–Crippen MR) is 122 cm³/mol. The summed E-state index contributed by atoms with van der Waals surface area (Å²) in [5, 5.41) is 12.9. The summed E-state index contributed by atoms with van der Waals surface area (Å²) in [6.07, 6.45) is 2.69. The van der Waals surface area contributed by atoms with Gasteiger partial charge in [-0.2, -0.15) is 0 Å². The van der Waals surface area contributed by atoms with Gasteiger partial charge in [-0.15, -0.1) is 0 Å². The van der Waals surface area contributed by atoms with Crippen molar-refractivity contribution in [1.82, 2.24) is 4.90 Å². The Morgan fingerprint density at radius 3 is 2.33 bits per heavy atom. The molecular weight excluding hydrogens is 398 g/mol. The molecule has 1 saturated heterocycles. The van der Waals surface area contributed by atoms with E-state index in [1.54, 1.807) is 0 Å². The Kier molecular flexibility index (Phi) is 8.58. The third kappa shape index (κ3) is 5.76. The SMILES string of the molecule is CCCC[C@](O)(c1ccc(OCC)cc1)[C@@H](CN1CCOCC1)c1ccc(Cl)cc1. The van der Waals surface area contributed by atoms with Gasteiger partial charge in [0.15, 0.2) is 0 Å². The summed E-state index contributed by atoms with van der Waals surface area (Å²) in [6, 6.07) is 15.9. The van der Waals surface area contributed by atoms with Gasteiger partial charge in [-0.3, -0.25) is 4.90 Å². The Morgan fingerprint density at radius 2 is 1.73 bits per heavy atom. The second kappa shape index (κ2) is 11.1. The Bertz CT molecular complexity index is 759. The molecule has 5 heteroatoms. The van der Waals surface area contributed by atoms with E-state index in [1.165, 1.54) is 0 Å². The summed E-state index contributed by atoms with van der Waals surface area (Å²) in [5.74, 6) is 0.757. The number of halogens is 1. The molecule has 1 heterocycles. The van der Waals surface area contributed by atoms with E-state index in [9.17, 15) is 5.11 Å². The lowest BCUT2D eigenvalue weighted by atomic mass is 9.74. The average Bonchev–Trinajstić information content (AvgIpc) is 2.78. The van der Waals surface area contributed by atoms with E-state index in [0.717, 1.165) is 62.6 Å². The highest BCUT2D eigenvalue weighted by Crippen LogP contribution is 2.42. The van der Waals surface area contributed by atoms with E-state index in [1.807, 2.05) is 43.3 Å². The van der Waals surface area contributed by atoms with Crippen LogP contribution in [0.1, 0.15) is 50.2 Å². The highest BCUT2D eigenvalue weighted by atomic mass is 35.5. The van der Waals surface area contributed by atoms with Crippen LogP contribution in [0.4, 0.5) is 0 Å². The second-order valence-corrected chi connectivity index (χ2v) is 8.44. The van der Waals surface area contributed by atoms with Crippen molar-refractivity contribution in [1.29, 1.82) is 0 Å². The van der Waals surface area contributed by atoms with Crippen molar-refractivity contribution in [2.75, 3.05) is 39.5 Å². The Morgan fingerprint density at radius 1 is 1.07 bits per heavy atom. The van der Waals surface area contributed by atoms with Gasteiger partial charge in [0.05, 0.1) is 25.4 Å². The van der Waals surface area contributed by atoms with Gasteiger partial charge in [-0.25, -0.2) is 0 Å². The molecule has 2 atom stereocenters. The van der Waals surface area contributed by atoms with Crippen LogP contribution in [-0.2, 0) is 10.3 Å². The predicted octanol–water partition coefficient (Wildman–Crippen LogP) is 5.23. The average molecular weight is 432 g/mol. The molecule has 2 aromatic carbocycles. The van der Waals surface area contributed by atoms with Gasteiger partial charge in [0.1, 0.15) is 5.75 Å². The van der Waals surface area contributed by atoms with Gasteiger partial charge < -0.3 is 14.6 Å². The van der Waals surface area contributed by atoms with Crippen molar-refractivity contribution >= 4 is 11.6 Å². The van der Waals surface area contributed by atoms with Crippen molar-refractivity contribution in [2.24, 2.45) is 0 Å². The van der Waals surface area contributed by atoms with E-state index in [0.29, 0.717) is 18.1 Å². The Labute approximate surface area is 185 Å². The molecule has 4 nitrogen and oxygen atoms in total. The normalized spacial score (nSPS) is 18.0. The first-order valence-electron chi connectivity index (χ1n) is 11.1. The smallest absolute Gasteiger partial charge is 0.119 e. The van der Waals surface area contributed by atoms with Crippen LogP contribution in [0.5, 0.6) is 5.75 Å². The maximum Gasteiger partial charge on any atom is 0.119 e. The van der Waals surface area contributed by atoms with Crippen LogP contribution < -0.4 is 4.74 Å². The number of hydrogen-bond acceptors (Lipinski definition) is 4. The minimum Gasteiger partial charge on any atom is -0.494 e. The largest absolute Gasteiger partial charge is 0.494 e. The van der Waals surface area contributed by atoms with Crippen molar-refractivity contribution in [3.63, 3.8) is 0 Å². The molecule has 0 radical (unpaired) electrons. The summed E-state index contributed by atoms with van der Waals surface area (Å²) >= 11 is 6.17. The molecule has 0 saturated carbocycles. The lowest BCUT2D eigenvalue weighted by Gasteiger charge is -2.41. The second-order valence-electron chi connectivity index (χ2n) is 8.00. The molecule has 1 aliphatic heterocycles. The first-order chi connectivity index (χ1) is 14.6. The van der Waals surface area contributed by atoms with E-state index in [4.69, 9.17) is 21.1 Å². The number of benzene rings is 2. The highest BCUT2D eigenvalue weighted by Gasteiger charge is 2.40. The Balaban J connectivity index is 1.99. The molecule has 2 aromatic rings. The number of nitrogens with zero attached hydrogens (tertiary/aromatic N) is 1. The summed E-state index contributed by atoms with van der Waals surface area (Å²) in [5.41, 5.74) is 1.07. The summed E-state index contributed by atoms with van der Waals surface area (Å²) in [7, 11) is 0. The third-order valence-corrected chi connectivity index (χ3v) is 6.22. The van der Waals surface area contributed by atoms with Crippen LogP contribution in [0.15, 0.2) is 48.5 Å². The zero-order valence-corrected chi connectivity index (χ0v) is 18.9. The molecule has 1 fully saturated rings. The molecule has 0 spiro atoms. The van der Waals surface area contributed by atoms with Crippen LogP contribution in [0.2, 0.25) is 5.02 Å². The van der Waals surface area contributed by atoms with Crippen LogP contribution >= 0.6 is 11.6 Å². The maximum absolute atomic E-state index is 12.2. The van der Waals surface area contributed by atoms with Gasteiger partial charge in [-0.1, -0.05) is 55.6 Å². The molecule has 30 heavy (non-hydrogen) atoms. The number of hydrogen-bond donors (Lipinski definition) is 1. The minimum absolute atomic E-state index is 0.0719. The fourth-order valence-electron chi connectivity index (χ4n) is 4.24. The van der Waals surface area contributed by atoms with E-state index < -0.39 is 5.60 Å². The molecule has 1 aliphatic rings. The standard InChI is InChI=1S/C25H34ClNO3/c1-3-5-14-25(28,21-8-12-23(13-9-21)30-4-2)24(19-27-15-17-29-18-16-27)20-6-10-22(26)11-7-20/h6-13,24,28H,3-5,14-19H2,1-2H3/t24-,25-/m0/s1. The zero-order valence-electron chi connectivity index (χ0n) is 18.1. The molecule has 1 N–H and O–H groups in total. The fourth-order valence-corrected chi connectivity index (χ4v) is 4.37. The summed E-state index contributed by atoms with van der Waals surface area (Å²) < 4.78 is 11.2. The minimum atomic E-state index is -0.979. The number of rotatable bonds is 10. The topological polar surface area (TPSA) is 41.9 Å². The van der Waals surface area contributed by atoms with Crippen LogP contribution in [0.25, 0.3) is 0 Å². The monoisotopic (exact) mass is 431 g/mol. The van der Waals surface area contributed by atoms with Gasteiger partial charge >= 0.3 is 0 Å². The van der Waals surface area contributed by atoms with E-state index in [2.05, 4.69) is 24.0 Å². The summed E-state index contributed by atoms with van der Waals surface area (Å²) in [6.45, 7) is 8.80. The third-order valence-electron chi connectivity index (χ3n) is 5.97. The molecule has 0 bridgehead atoms. The molecule has 0 aliphatic carbocycles. The molecule has 164 valence electrons. The maximum atomic E-state index is 12.2. The van der Waals surface area contributed by atoms with Crippen molar-refractivity contribution in [3.8, 4) is 5.75 Å². The quantitative estimate of drug-likeness (QED) is 0.559. The van der Waals surface area contributed by atoms with Crippen molar-refractivity contribution < 1.29 is 14.6 Å².